The van der Waals surface area contributed by atoms with Gasteiger partial charge in [-0.2, -0.15) is 0 Å². The van der Waals surface area contributed by atoms with Crippen molar-refractivity contribution in [1.29, 1.82) is 0 Å². The number of rotatable bonds is 4. The van der Waals surface area contributed by atoms with Crippen LogP contribution >= 0.6 is 0 Å². The van der Waals surface area contributed by atoms with Crippen molar-refractivity contribution >= 4 is 11.4 Å². The lowest BCUT2D eigenvalue weighted by Gasteiger charge is -2.36. The van der Waals surface area contributed by atoms with Gasteiger partial charge in [0.1, 0.15) is 0 Å². The number of para-hydroxylation sites is 1. The lowest BCUT2D eigenvalue weighted by molar-refractivity contribution is 0.247. The average Bonchev–Trinajstić information content (AvgIpc) is 2.56. The number of hydrogen-bond acceptors (Lipinski definition) is 4. The molecule has 2 heterocycles. The van der Waals surface area contributed by atoms with Crippen LogP contribution in [0.4, 0.5) is 11.4 Å². The summed E-state index contributed by atoms with van der Waals surface area (Å²) in [7, 11) is 1.94. The predicted molar refractivity (Wildman–Crippen MR) is 87.7 cm³/mol. The van der Waals surface area contributed by atoms with Crippen molar-refractivity contribution in [3.63, 3.8) is 0 Å². The Morgan fingerprint density at radius 2 is 1.81 bits per heavy atom. The highest BCUT2D eigenvalue weighted by molar-refractivity contribution is 5.46. The molecular formula is C17H22N4. The maximum atomic E-state index is 4.46. The fourth-order valence-corrected chi connectivity index (χ4v) is 2.75. The molecule has 0 bridgehead atoms. The molecule has 0 saturated carbocycles. The summed E-state index contributed by atoms with van der Waals surface area (Å²) in [6.07, 6.45) is 1.88. The Balaban J connectivity index is 1.56. The molecule has 4 nitrogen and oxygen atoms in total. The molecule has 1 fully saturated rings. The Kier molecular flexibility index (Phi) is 4.36. The zero-order valence-corrected chi connectivity index (χ0v) is 12.5. The molecule has 2 aromatic rings. The second kappa shape index (κ2) is 6.59. The lowest BCUT2D eigenvalue weighted by atomic mass is 10.2. The van der Waals surface area contributed by atoms with E-state index in [9.17, 15) is 0 Å². The van der Waals surface area contributed by atoms with Crippen LogP contribution in [0.5, 0.6) is 0 Å². The van der Waals surface area contributed by atoms with Gasteiger partial charge in [-0.15, -0.1) is 0 Å². The van der Waals surface area contributed by atoms with Gasteiger partial charge in [-0.05, 0) is 24.3 Å². The van der Waals surface area contributed by atoms with Gasteiger partial charge < -0.3 is 10.2 Å². The highest BCUT2D eigenvalue weighted by Crippen LogP contribution is 2.17. The molecular weight excluding hydrogens is 260 g/mol. The molecule has 0 amide bonds. The number of nitrogens with one attached hydrogen (secondary N) is 1. The SMILES string of the molecule is CNc1ccnc(CN2CCN(c3ccccc3)CC2)c1. The van der Waals surface area contributed by atoms with Gasteiger partial charge in [0.2, 0.25) is 0 Å². The smallest absolute Gasteiger partial charge is 0.0564 e. The van der Waals surface area contributed by atoms with Gasteiger partial charge in [-0.1, -0.05) is 18.2 Å². The summed E-state index contributed by atoms with van der Waals surface area (Å²) in [6, 6.07) is 14.8. The lowest BCUT2D eigenvalue weighted by Crippen LogP contribution is -2.46. The van der Waals surface area contributed by atoms with Crippen LogP contribution in [0.1, 0.15) is 5.69 Å². The van der Waals surface area contributed by atoms with E-state index in [4.69, 9.17) is 0 Å². The van der Waals surface area contributed by atoms with E-state index in [2.05, 4.69) is 56.5 Å². The maximum absolute atomic E-state index is 4.46. The number of aromatic nitrogens is 1. The third kappa shape index (κ3) is 3.52. The van der Waals surface area contributed by atoms with Gasteiger partial charge in [-0.3, -0.25) is 9.88 Å². The van der Waals surface area contributed by atoms with Crippen molar-refractivity contribution in [1.82, 2.24) is 9.88 Å². The summed E-state index contributed by atoms with van der Waals surface area (Å²) in [5, 5.41) is 3.17. The Hall–Kier alpha value is -2.07. The number of anilines is 2. The third-order valence-corrected chi connectivity index (χ3v) is 3.98. The molecule has 1 aliphatic heterocycles. The second-order valence-electron chi connectivity index (χ2n) is 5.38. The van der Waals surface area contributed by atoms with Crippen molar-refractivity contribution in [2.75, 3.05) is 43.4 Å². The molecule has 3 rings (SSSR count). The molecule has 1 saturated heterocycles. The molecule has 1 aliphatic rings. The van der Waals surface area contributed by atoms with Gasteiger partial charge in [0, 0.05) is 57.3 Å². The van der Waals surface area contributed by atoms with Crippen LogP contribution in [0.3, 0.4) is 0 Å². The Morgan fingerprint density at radius 3 is 2.52 bits per heavy atom. The largest absolute Gasteiger partial charge is 0.388 e. The summed E-state index contributed by atoms with van der Waals surface area (Å²) in [6.45, 7) is 5.25. The number of nitrogens with zero attached hydrogens (tertiary/aromatic N) is 3. The first-order valence-corrected chi connectivity index (χ1v) is 7.50. The Morgan fingerprint density at radius 1 is 1.05 bits per heavy atom. The van der Waals surface area contributed by atoms with E-state index in [1.807, 2.05) is 19.3 Å². The summed E-state index contributed by atoms with van der Waals surface area (Å²) in [5.41, 5.74) is 3.59. The first-order chi connectivity index (χ1) is 10.3. The Labute approximate surface area is 126 Å². The monoisotopic (exact) mass is 282 g/mol. The standard InChI is InChI=1S/C17H22N4/c1-18-15-7-8-19-16(13-15)14-20-9-11-21(12-10-20)17-5-3-2-4-6-17/h2-8,13H,9-12,14H2,1H3,(H,18,19). The van der Waals surface area contributed by atoms with E-state index in [0.717, 1.165) is 44.1 Å². The zero-order valence-electron chi connectivity index (χ0n) is 12.5. The summed E-state index contributed by atoms with van der Waals surface area (Å²) < 4.78 is 0. The fourth-order valence-electron chi connectivity index (χ4n) is 2.75. The molecule has 1 aromatic carbocycles. The van der Waals surface area contributed by atoms with Gasteiger partial charge in [0.15, 0.2) is 0 Å². The minimum absolute atomic E-state index is 0.929. The van der Waals surface area contributed by atoms with Crippen molar-refractivity contribution in [3.8, 4) is 0 Å². The van der Waals surface area contributed by atoms with Crippen molar-refractivity contribution in [3.05, 3.63) is 54.4 Å². The van der Waals surface area contributed by atoms with Crippen LogP contribution in [-0.2, 0) is 6.54 Å². The van der Waals surface area contributed by atoms with E-state index in [1.165, 1.54) is 5.69 Å². The molecule has 4 heteroatoms. The van der Waals surface area contributed by atoms with Crippen LogP contribution in [0.2, 0.25) is 0 Å². The highest BCUT2D eigenvalue weighted by atomic mass is 15.3. The molecule has 0 atom stereocenters. The van der Waals surface area contributed by atoms with Crippen LogP contribution in [-0.4, -0.2) is 43.1 Å². The summed E-state index contributed by atoms with van der Waals surface area (Å²) in [5.74, 6) is 0. The highest BCUT2D eigenvalue weighted by Gasteiger charge is 2.17. The fraction of sp³-hybridized carbons (Fsp3) is 0.353. The topological polar surface area (TPSA) is 31.4 Å². The van der Waals surface area contributed by atoms with Crippen molar-refractivity contribution in [2.45, 2.75) is 6.54 Å². The zero-order chi connectivity index (χ0) is 14.5. The van der Waals surface area contributed by atoms with Crippen LogP contribution in [0, 0.1) is 0 Å². The van der Waals surface area contributed by atoms with Crippen LogP contribution < -0.4 is 10.2 Å². The molecule has 0 radical (unpaired) electrons. The molecule has 21 heavy (non-hydrogen) atoms. The number of pyridine rings is 1. The summed E-state index contributed by atoms with van der Waals surface area (Å²) >= 11 is 0. The van der Waals surface area contributed by atoms with Gasteiger partial charge in [-0.25, -0.2) is 0 Å². The third-order valence-electron chi connectivity index (χ3n) is 3.98. The average molecular weight is 282 g/mol. The number of benzene rings is 1. The minimum atomic E-state index is 0.929. The van der Waals surface area contributed by atoms with Crippen LogP contribution in [0.25, 0.3) is 0 Å². The van der Waals surface area contributed by atoms with Gasteiger partial charge >= 0.3 is 0 Å². The first-order valence-electron chi connectivity index (χ1n) is 7.50. The quantitative estimate of drug-likeness (QED) is 0.933. The predicted octanol–water partition coefficient (Wildman–Crippen LogP) is 2.45. The minimum Gasteiger partial charge on any atom is -0.388 e. The Bertz CT molecular complexity index is 562. The molecule has 0 aliphatic carbocycles. The van der Waals surface area contributed by atoms with E-state index in [1.54, 1.807) is 0 Å². The maximum Gasteiger partial charge on any atom is 0.0564 e. The second-order valence-corrected chi connectivity index (χ2v) is 5.38. The number of hydrogen-bond donors (Lipinski definition) is 1. The number of piperazine rings is 1. The molecule has 1 N–H and O–H groups in total. The van der Waals surface area contributed by atoms with Gasteiger partial charge in [0.05, 0.1) is 5.69 Å². The molecule has 1 aromatic heterocycles. The summed E-state index contributed by atoms with van der Waals surface area (Å²) in [4.78, 5) is 9.39. The van der Waals surface area contributed by atoms with E-state index >= 15 is 0 Å². The molecule has 0 spiro atoms. The van der Waals surface area contributed by atoms with Gasteiger partial charge in [0.25, 0.3) is 0 Å². The normalized spacial score (nSPS) is 16.0. The van der Waals surface area contributed by atoms with E-state index in [0.29, 0.717) is 0 Å². The van der Waals surface area contributed by atoms with Crippen molar-refractivity contribution < 1.29 is 0 Å². The molecule has 110 valence electrons. The van der Waals surface area contributed by atoms with E-state index < -0.39 is 0 Å². The van der Waals surface area contributed by atoms with Crippen LogP contribution in [0.15, 0.2) is 48.7 Å². The first kappa shape index (κ1) is 13.9. The molecule has 0 unspecified atom stereocenters. The van der Waals surface area contributed by atoms with Crippen molar-refractivity contribution in [2.24, 2.45) is 0 Å². The van der Waals surface area contributed by atoms with E-state index in [-0.39, 0.29) is 0 Å².